The molecule has 0 heterocycles. The first kappa shape index (κ1) is 13.1. The number of ether oxygens (including phenoxy) is 1. The highest BCUT2D eigenvalue weighted by Crippen LogP contribution is 2.31. The van der Waals surface area contributed by atoms with Crippen LogP contribution in [0, 0.1) is 13.8 Å². The van der Waals surface area contributed by atoms with Gasteiger partial charge in [0, 0.05) is 10.0 Å². The van der Waals surface area contributed by atoms with E-state index < -0.39 is 0 Å². The average Bonchev–Trinajstić information content (AvgIpc) is 2.35. The van der Waals surface area contributed by atoms with Gasteiger partial charge in [-0.3, -0.25) is 0 Å². The number of benzene rings is 2. The predicted octanol–water partition coefficient (Wildman–Crippen LogP) is 4.35. The van der Waals surface area contributed by atoms with E-state index in [4.69, 9.17) is 4.74 Å². The van der Waals surface area contributed by atoms with E-state index in [-0.39, 0.29) is 6.61 Å². The van der Waals surface area contributed by atoms with Gasteiger partial charge in [-0.25, -0.2) is 0 Å². The van der Waals surface area contributed by atoms with Gasteiger partial charge in [-0.1, -0.05) is 34.1 Å². The van der Waals surface area contributed by atoms with Crippen LogP contribution in [0.25, 0.3) is 0 Å². The second-order valence-electron chi connectivity index (χ2n) is 4.21. The smallest absolute Gasteiger partial charge is 0.134 e. The zero-order chi connectivity index (χ0) is 13.1. The van der Waals surface area contributed by atoms with E-state index in [1.165, 1.54) is 5.56 Å². The molecule has 2 rings (SSSR count). The van der Waals surface area contributed by atoms with Crippen LogP contribution in [0.1, 0.15) is 16.7 Å². The Kier molecular flexibility index (Phi) is 4.04. The molecule has 0 saturated heterocycles. The molecule has 0 aliphatic carbocycles. The van der Waals surface area contributed by atoms with Gasteiger partial charge in [0.25, 0.3) is 0 Å². The maximum atomic E-state index is 9.32. The molecule has 0 amide bonds. The van der Waals surface area contributed by atoms with E-state index in [1.54, 1.807) is 0 Å². The van der Waals surface area contributed by atoms with Crippen molar-refractivity contribution < 1.29 is 9.84 Å². The Hall–Kier alpha value is -1.32. The predicted molar refractivity (Wildman–Crippen MR) is 76.1 cm³/mol. The number of aliphatic hydroxyl groups is 1. The lowest BCUT2D eigenvalue weighted by Gasteiger charge is -2.13. The van der Waals surface area contributed by atoms with Crippen LogP contribution in [0.4, 0.5) is 0 Å². The number of hydrogen-bond donors (Lipinski definition) is 1. The van der Waals surface area contributed by atoms with Gasteiger partial charge >= 0.3 is 0 Å². The zero-order valence-electron chi connectivity index (χ0n) is 10.4. The van der Waals surface area contributed by atoms with Crippen molar-refractivity contribution >= 4 is 15.9 Å². The Labute approximate surface area is 115 Å². The lowest BCUT2D eigenvalue weighted by atomic mass is 10.1. The molecule has 0 atom stereocenters. The van der Waals surface area contributed by atoms with E-state index in [0.717, 1.165) is 21.3 Å². The fraction of sp³-hybridized carbons (Fsp3) is 0.200. The van der Waals surface area contributed by atoms with Crippen LogP contribution in [0.5, 0.6) is 11.5 Å². The van der Waals surface area contributed by atoms with Crippen molar-refractivity contribution in [1.29, 1.82) is 0 Å². The maximum absolute atomic E-state index is 9.32. The molecule has 18 heavy (non-hydrogen) atoms. The second kappa shape index (κ2) is 5.55. The Morgan fingerprint density at radius 2 is 1.89 bits per heavy atom. The van der Waals surface area contributed by atoms with Crippen LogP contribution in [0.15, 0.2) is 40.9 Å². The zero-order valence-corrected chi connectivity index (χ0v) is 12.0. The van der Waals surface area contributed by atoms with Crippen molar-refractivity contribution in [3.63, 3.8) is 0 Å². The van der Waals surface area contributed by atoms with Crippen molar-refractivity contribution in [2.75, 3.05) is 0 Å². The number of rotatable bonds is 3. The first-order chi connectivity index (χ1) is 8.61. The van der Waals surface area contributed by atoms with Gasteiger partial charge in [0.05, 0.1) is 6.61 Å². The van der Waals surface area contributed by atoms with Crippen LogP contribution in [0.2, 0.25) is 0 Å². The Morgan fingerprint density at radius 3 is 2.61 bits per heavy atom. The first-order valence-electron chi connectivity index (χ1n) is 5.75. The normalized spacial score (nSPS) is 10.4. The molecule has 0 aromatic heterocycles. The van der Waals surface area contributed by atoms with Crippen molar-refractivity contribution in [3.05, 3.63) is 57.6 Å². The molecule has 0 bridgehead atoms. The van der Waals surface area contributed by atoms with E-state index in [2.05, 4.69) is 28.9 Å². The molecular formula is C15H15BrO2. The second-order valence-corrected chi connectivity index (χ2v) is 5.13. The fourth-order valence-corrected chi connectivity index (χ4v) is 2.05. The van der Waals surface area contributed by atoms with E-state index in [1.807, 2.05) is 37.3 Å². The molecule has 0 unspecified atom stereocenters. The quantitative estimate of drug-likeness (QED) is 0.913. The molecule has 3 heteroatoms. The SMILES string of the molecule is Cc1cccc(Oc2cc(Br)ccc2CO)c1C. The summed E-state index contributed by atoms with van der Waals surface area (Å²) >= 11 is 3.41. The van der Waals surface area contributed by atoms with Crippen molar-refractivity contribution in [3.8, 4) is 11.5 Å². The summed E-state index contributed by atoms with van der Waals surface area (Å²) in [7, 11) is 0. The Morgan fingerprint density at radius 1 is 1.11 bits per heavy atom. The van der Waals surface area contributed by atoms with Crippen LogP contribution in [0.3, 0.4) is 0 Å². The summed E-state index contributed by atoms with van der Waals surface area (Å²) in [6.07, 6.45) is 0. The van der Waals surface area contributed by atoms with Gasteiger partial charge in [-0.15, -0.1) is 0 Å². The van der Waals surface area contributed by atoms with Crippen molar-refractivity contribution in [2.24, 2.45) is 0 Å². The van der Waals surface area contributed by atoms with E-state index >= 15 is 0 Å². The third-order valence-electron chi connectivity index (χ3n) is 2.97. The molecule has 0 spiro atoms. The molecule has 2 aromatic rings. The van der Waals surface area contributed by atoms with Gasteiger partial charge in [0.2, 0.25) is 0 Å². The lowest BCUT2D eigenvalue weighted by molar-refractivity contribution is 0.276. The standard InChI is InChI=1S/C15H15BrO2/c1-10-4-3-5-14(11(10)2)18-15-8-13(16)7-6-12(15)9-17/h3-8,17H,9H2,1-2H3. The monoisotopic (exact) mass is 306 g/mol. The maximum Gasteiger partial charge on any atom is 0.134 e. The minimum absolute atomic E-state index is 0.0342. The molecule has 0 radical (unpaired) electrons. The number of aliphatic hydroxyl groups excluding tert-OH is 1. The lowest BCUT2D eigenvalue weighted by Crippen LogP contribution is -1.94. The highest BCUT2D eigenvalue weighted by Gasteiger charge is 2.08. The van der Waals surface area contributed by atoms with Crippen molar-refractivity contribution in [1.82, 2.24) is 0 Å². The fourth-order valence-electron chi connectivity index (χ4n) is 1.71. The van der Waals surface area contributed by atoms with Gasteiger partial charge < -0.3 is 9.84 Å². The molecule has 0 saturated carbocycles. The van der Waals surface area contributed by atoms with Gasteiger partial charge in [-0.05, 0) is 43.2 Å². The van der Waals surface area contributed by atoms with Crippen LogP contribution in [-0.2, 0) is 6.61 Å². The average molecular weight is 307 g/mol. The molecule has 2 aromatic carbocycles. The number of halogens is 1. The van der Waals surface area contributed by atoms with E-state index in [9.17, 15) is 5.11 Å². The van der Waals surface area contributed by atoms with Crippen LogP contribution >= 0.6 is 15.9 Å². The molecule has 0 aliphatic heterocycles. The first-order valence-corrected chi connectivity index (χ1v) is 6.54. The van der Waals surface area contributed by atoms with Gasteiger partial charge in [0.15, 0.2) is 0 Å². The minimum atomic E-state index is -0.0342. The van der Waals surface area contributed by atoms with E-state index in [0.29, 0.717) is 5.75 Å². The molecule has 0 fully saturated rings. The summed E-state index contributed by atoms with van der Waals surface area (Å²) < 4.78 is 6.83. The van der Waals surface area contributed by atoms with Crippen LogP contribution in [-0.4, -0.2) is 5.11 Å². The third-order valence-corrected chi connectivity index (χ3v) is 3.47. The topological polar surface area (TPSA) is 29.5 Å². The highest BCUT2D eigenvalue weighted by molar-refractivity contribution is 9.10. The molecular weight excluding hydrogens is 292 g/mol. The largest absolute Gasteiger partial charge is 0.457 e. The molecule has 0 aliphatic rings. The Bertz CT molecular complexity index is 564. The minimum Gasteiger partial charge on any atom is -0.457 e. The van der Waals surface area contributed by atoms with Gasteiger partial charge in [0.1, 0.15) is 11.5 Å². The summed E-state index contributed by atoms with van der Waals surface area (Å²) in [5.74, 6) is 1.50. The number of hydrogen-bond acceptors (Lipinski definition) is 2. The summed E-state index contributed by atoms with van der Waals surface area (Å²) in [5, 5.41) is 9.32. The summed E-state index contributed by atoms with van der Waals surface area (Å²) in [5.41, 5.74) is 3.08. The summed E-state index contributed by atoms with van der Waals surface area (Å²) in [6.45, 7) is 4.05. The van der Waals surface area contributed by atoms with Crippen molar-refractivity contribution in [2.45, 2.75) is 20.5 Å². The molecule has 2 nitrogen and oxygen atoms in total. The highest BCUT2D eigenvalue weighted by atomic mass is 79.9. The Balaban J connectivity index is 2.39. The summed E-state index contributed by atoms with van der Waals surface area (Å²) in [6, 6.07) is 11.6. The van der Waals surface area contributed by atoms with Gasteiger partial charge in [-0.2, -0.15) is 0 Å². The third kappa shape index (κ3) is 2.74. The van der Waals surface area contributed by atoms with Crippen LogP contribution < -0.4 is 4.74 Å². The molecule has 94 valence electrons. The summed E-state index contributed by atoms with van der Waals surface area (Å²) in [4.78, 5) is 0. The number of aryl methyl sites for hydroxylation is 1. The molecule has 1 N–H and O–H groups in total.